The summed E-state index contributed by atoms with van der Waals surface area (Å²) in [7, 11) is -3.60. The van der Waals surface area contributed by atoms with E-state index in [1.807, 2.05) is 18.4 Å². The Hall–Kier alpha value is -2.29. The minimum Gasteiger partial charge on any atom is -0.402 e. The second-order valence-electron chi connectivity index (χ2n) is 5.92. The summed E-state index contributed by atoms with van der Waals surface area (Å²) >= 11 is 1.51. The smallest absolute Gasteiger partial charge is 0.363 e. The van der Waals surface area contributed by atoms with Crippen molar-refractivity contribution in [2.45, 2.75) is 25.7 Å². The van der Waals surface area contributed by atoms with Crippen molar-refractivity contribution in [2.75, 3.05) is 13.1 Å². The molecule has 0 saturated carbocycles. The van der Waals surface area contributed by atoms with Crippen LogP contribution in [0.2, 0.25) is 0 Å². The van der Waals surface area contributed by atoms with Crippen molar-refractivity contribution in [2.24, 2.45) is 4.99 Å². The van der Waals surface area contributed by atoms with Gasteiger partial charge in [-0.3, -0.25) is 0 Å². The van der Waals surface area contributed by atoms with Gasteiger partial charge in [0.1, 0.15) is 0 Å². The summed E-state index contributed by atoms with van der Waals surface area (Å²) in [5.41, 5.74) is 1.70. The van der Waals surface area contributed by atoms with Crippen molar-refractivity contribution in [3.63, 3.8) is 0 Å². The molecule has 0 N–H and O–H groups in total. The highest BCUT2D eigenvalue weighted by molar-refractivity contribution is 7.89. The van der Waals surface area contributed by atoms with Gasteiger partial charge in [0.15, 0.2) is 5.70 Å². The highest BCUT2D eigenvalue weighted by Crippen LogP contribution is 2.25. The third kappa shape index (κ3) is 3.87. The number of ether oxygens (including phenoxy) is 1. The fraction of sp³-hybridized carbons (Fsp3) is 0.263. The van der Waals surface area contributed by atoms with Gasteiger partial charge in [-0.05, 0) is 48.2 Å². The Morgan fingerprint density at radius 1 is 1.22 bits per heavy atom. The summed E-state index contributed by atoms with van der Waals surface area (Å²) < 4.78 is 32.1. The molecule has 27 heavy (non-hydrogen) atoms. The number of nitrogens with zero attached hydrogens (tertiary/aromatic N) is 2. The Labute approximate surface area is 162 Å². The molecule has 3 rings (SSSR count). The first-order valence-electron chi connectivity index (χ1n) is 8.54. The van der Waals surface area contributed by atoms with E-state index < -0.39 is 16.0 Å². The molecule has 1 aromatic heterocycles. The first kappa shape index (κ1) is 19.5. The van der Waals surface area contributed by atoms with Crippen molar-refractivity contribution in [1.82, 2.24) is 4.31 Å². The van der Waals surface area contributed by atoms with Crippen LogP contribution in [0.15, 0.2) is 51.3 Å². The van der Waals surface area contributed by atoms with Crippen LogP contribution in [-0.4, -0.2) is 37.7 Å². The van der Waals surface area contributed by atoms with Crippen LogP contribution in [0.4, 0.5) is 0 Å². The molecule has 0 spiro atoms. The van der Waals surface area contributed by atoms with E-state index >= 15 is 0 Å². The maximum absolute atomic E-state index is 12.7. The maximum atomic E-state index is 12.7. The van der Waals surface area contributed by atoms with Crippen LogP contribution in [0, 0.1) is 6.92 Å². The molecule has 1 aliphatic rings. The van der Waals surface area contributed by atoms with Crippen LogP contribution in [0.1, 0.15) is 29.9 Å². The first-order valence-corrected chi connectivity index (χ1v) is 10.9. The second kappa shape index (κ2) is 7.75. The van der Waals surface area contributed by atoms with Crippen LogP contribution in [0.5, 0.6) is 0 Å². The molecule has 6 nitrogen and oxygen atoms in total. The Morgan fingerprint density at radius 3 is 2.59 bits per heavy atom. The van der Waals surface area contributed by atoms with Gasteiger partial charge in [0.05, 0.1) is 4.90 Å². The van der Waals surface area contributed by atoms with Gasteiger partial charge in [0, 0.05) is 23.5 Å². The number of sulfonamides is 1. The molecule has 142 valence electrons. The summed E-state index contributed by atoms with van der Waals surface area (Å²) in [4.78, 5) is 17.5. The van der Waals surface area contributed by atoms with Gasteiger partial charge in [-0.2, -0.15) is 4.31 Å². The van der Waals surface area contributed by atoms with Gasteiger partial charge >= 0.3 is 5.97 Å². The summed E-state index contributed by atoms with van der Waals surface area (Å²) in [6, 6.07) is 8.27. The molecule has 2 heterocycles. The highest BCUT2D eigenvalue weighted by Gasteiger charge is 2.27. The fourth-order valence-corrected chi connectivity index (χ4v) is 5.05. The molecule has 0 saturated heterocycles. The molecule has 0 atom stereocenters. The number of esters is 1. The van der Waals surface area contributed by atoms with Gasteiger partial charge in [0.2, 0.25) is 15.9 Å². The topological polar surface area (TPSA) is 76.0 Å². The highest BCUT2D eigenvalue weighted by atomic mass is 32.2. The third-order valence-electron chi connectivity index (χ3n) is 4.21. The number of aliphatic imine (C=N–C) groups is 1. The van der Waals surface area contributed by atoms with Gasteiger partial charge in [-0.1, -0.05) is 19.9 Å². The zero-order chi connectivity index (χ0) is 19.6. The monoisotopic (exact) mass is 404 g/mol. The molecule has 2 aromatic rings. The molecule has 0 unspecified atom stereocenters. The lowest BCUT2D eigenvalue weighted by Crippen LogP contribution is -2.30. The quantitative estimate of drug-likeness (QED) is 0.546. The zero-order valence-corrected chi connectivity index (χ0v) is 16.9. The number of thiophene rings is 1. The van der Waals surface area contributed by atoms with Crippen molar-refractivity contribution in [1.29, 1.82) is 0 Å². The second-order valence-corrected chi connectivity index (χ2v) is 8.81. The Morgan fingerprint density at radius 2 is 1.96 bits per heavy atom. The molecule has 0 amide bonds. The molecule has 1 aromatic carbocycles. The predicted octanol–water partition coefficient (Wildman–Crippen LogP) is 3.43. The Kier molecular flexibility index (Phi) is 5.59. The molecule has 0 bridgehead atoms. The van der Waals surface area contributed by atoms with Crippen LogP contribution < -0.4 is 0 Å². The summed E-state index contributed by atoms with van der Waals surface area (Å²) in [5.74, 6) is -0.438. The van der Waals surface area contributed by atoms with Crippen LogP contribution in [-0.2, 0) is 19.6 Å². The number of cyclic esters (lactones) is 1. The minimum absolute atomic E-state index is 0.108. The van der Waals surface area contributed by atoms with E-state index in [1.54, 1.807) is 32.1 Å². The van der Waals surface area contributed by atoms with Gasteiger partial charge < -0.3 is 4.74 Å². The van der Waals surface area contributed by atoms with E-state index in [2.05, 4.69) is 4.99 Å². The maximum Gasteiger partial charge on any atom is 0.363 e. The average Bonchev–Trinajstić information content (AvgIpc) is 3.22. The van der Waals surface area contributed by atoms with Crippen LogP contribution >= 0.6 is 11.3 Å². The number of hydrogen-bond acceptors (Lipinski definition) is 6. The predicted molar refractivity (Wildman–Crippen MR) is 106 cm³/mol. The number of rotatable bonds is 6. The Balaban J connectivity index is 1.96. The molecule has 0 radical (unpaired) electrons. The van der Waals surface area contributed by atoms with E-state index in [4.69, 9.17) is 4.74 Å². The van der Waals surface area contributed by atoms with E-state index in [-0.39, 0.29) is 16.5 Å². The van der Waals surface area contributed by atoms with Crippen molar-refractivity contribution in [3.05, 3.63) is 57.4 Å². The summed E-state index contributed by atoms with van der Waals surface area (Å²) in [6.07, 6.45) is 1.69. The largest absolute Gasteiger partial charge is 0.402 e. The van der Waals surface area contributed by atoms with Crippen LogP contribution in [0.25, 0.3) is 6.08 Å². The summed E-state index contributed by atoms with van der Waals surface area (Å²) in [6.45, 7) is 6.29. The molecule has 0 fully saturated rings. The Bertz CT molecular complexity index is 1030. The third-order valence-corrected chi connectivity index (χ3v) is 7.23. The molecule has 1 aliphatic heterocycles. The number of benzene rings is 1. The average molecular weight is 405 g/mol. The fourth-order valence-electron chi connectivity index (χ4n) is 2.69. The van der Waals surface area contributed by atoms with E-state index in [0.717, 1.165) is 10.4 Å². The number of carbonyl (C=O) groups is 1. The number of aryl methyl sites for hydroxylation is 1. The standard InChI is InChI=1S/C19H20N2O4S2/c1-4-21(5-2)27(23,24)15-8-6-7-14(11-15)18-20-16(19(22)25-18)12-17-13(3)9-10-26-17/h6-12H,4-5H2,1-3H3. The molecular formula is C19H20N2O4S2. The number of carbonyl (C=O) groups excluding carboxylic acids is 1. The van der Waals surface area contributed by atoms with Crippen molar-refractivity contribution in [3.8, 4) is 0 Å². The lowest BCUT2D eigenvalue weighted by Gasteiger charge is -2.18. The van der Waals surface area contributed by atoms with E-state index in [9.17, 15) is 13.2 Å². The number of hydrogen-bond donors (Lipinski definition) is 0. The van der Waals surface area contributed by atoms with Crippen molar-refractivity contribution < 1.29 is 17.9 Å². The minimum atomic E-state index is -3.60. The lowest BCUT2D eigenvalue weighted by atomic mass is 10.2. The zero-order valence-electron chi connectivity index (χ0n) is 15.3. The van der Waals surface area contributed by atoms with Crippen LogP contribution in [0.3, 0.4) is 0 Å². The molecule has 8 heteroatoms. The van der Waals surface area contributed by atoms with E-state index in [1.165, 1.54) is 27.8 Å². The SMILES string of the molecule is CCN(CC)S(=O)(=O)c1cccc(C2=NC(=Cc3sccc3C)C(=O)O2)c1. The molecule has 0 aliphatic carbocycles. The van der Waals surface area contributed by atoms with Crippen molar-refractivity contribution >= 4 is 39.3 Å². The van der Waals surface area contributed by atoms with Gasteiger partial charge in [-0.25, -0.2) is 18.2 Å². The summed E-state index contributed by atoms with van der Waals surface area (Å²) in [5, 5.41) is 1.94. The van der Waals surface area contributed by atoms with Gasteiger partial charge in [0.25, 0.3) is 0 Å². The molecular weight excluding hydrogens is 384 g/mol. The first-order chi connectivity index (χ1) is 12.9. The normalized spacial score (nSPS) is 16.1. The van der Waals surface area contributed by atoms with Gasteiger partial charge in [-0.15, -0.1) is 11.3 Å². The lowest BCUT2D eigenvalue weighted by molar-refractivity contribution is -0.129. The van der Waals surface area contributed by atoms with E-state index in [0.29, 0.717) is 18.7 Å².